The van der Waals surface area contributed by atoms with Gasteiger partial charge in [0.15, 0.2) is 6.23 Å². The van der Waals surface area contributed by atoms with Gasteiger partial charge in [-0.3, -0.25) is 0 Å². The molecule has 2 aliphatic heterocycles. The summed E-state index contributed by atoms with van der Waals surface area (Å²) in [4.78, 5) is 10.5. The van der Waals surface area contributed by atoms with Crippen LogP contribution in [0.1, 0.15) is 51.0 Å². The number of sulfonamides is 1. The van der Waals surface area contributed by atoms with Gasteiger partial charge in [0.2, 0.25) is 22.4 Å². The van der Waals surface area contributed by atoms with E-state index >= 15 is 0 Å². The van der Waals surface area contributed by atoms with Crippen molar-refractivity contribution in [2.75, 3.05) is 29.6 Å². The molecule has 3 aliphatic rings. The van der Waals surface area contributed by atoms with Crippen LogP contribution in [0.15, 0.2) is 11.8 Å². The monoisotopic (exact) mass is 487 g/mol. The van der Waals surface area contributed by atoms with Crippen molar-refractivity contribution in [3.63, 3.8) is 0 Å². The second-order valence-corrected chi connectivity index (χ2v) is 11.4. The molecule has 1 saturated heterocycles. The van der Waals surface area contributed by atoms with Crippen molar-refractivity contribution in [2.24, 2.45) is 0 Å². The van der Waals surface area contributed by atoms with E-state index in [0.29, 0.717) is 56.1 Å². The fourth-order valence-electron chi connectivity index (χ4n) is 5.07. The van der Waals surface area contributed by atoms with Crippen molar-refractivity contribution in [3.8, 4) is 0 Å². The van der Waals surface area contributed by atoms with Crippen LogP contribution in [-0.4, -0.2) is 82.6 Å². The Bertz CT molecular complexity index is 1010. The van der Waals surface area contributed by atoms with E-state index in [-0.39, 0.29) is 11.6 Å². The second-order valence-electron chi connectivity index (χ2n) is 9.41. The molecule has 9 nitrogen and oxygen atoms in total. The predicted molar refractivity (Wildman–Crippen MR) is 120 cm³/mol. The summed E-state index contributed by atoms with van der Waals surface area (Å²) in [6.45, 7) is 2.49. The zero-order valence-electron chi connectivity index (χ0n) is 18.8. The van der Waals surface area contributed by atoms with E-state index in [1.165, 1.54) is 22.8 Å². The lowest BCUT2D eigenvalue weighted by Crippen LogP contribution is -2.54. The number of halogens is 2. The van der Waals surface area contributed by atoms with Crippen LogP contribution >= 0.6 is 0 Å². The van der Waals surface area contributed by atoms with Crippen LogP contribution in [0.4, 0.5) is 20.5 Å². The van der Waals surface area contributed by atoms with Gasteiger partial charge in [-0.25, -0.2) is 26.5 Å². The van der Waals surface area contributed by atoms with Crippen molar-refractivity contribution in [1.29, 1.82) is 0 Å². The number of alkyl halides is 2. The number of anilines is 2. The largest absolute Gasteiger partial charge is 0.388 e. The molecule has 1 saturated carbocycles. The van der Waals surface area contributed by atoms with Gasteiger partial charge in [0.25, 0.3) is 0 Å². The lowest BCUT2D eigenvalue weighted by molar-refractivity contribution is 0.0336. The fourth-order valence-corrected chi connectivity index (χ4v) is 5.95. The number of hydrogen-bond acceptors (Lipinski definition) is 8. The zero-order valence-corrected chi connectivity index (χ0v) is 19.6. The maximum atomic E-state index is 13.1. The number of nitrogens with zero attached hydrogens (tertiary/aromatic N) is 4. The summed E-state index contributed by atoms with van der Waals surface area (Å²) >= 11 is 0. The molecule has 1 aromatic heterocycles. The van der Waals surface area contributed by atoms with Gasteiger partial charge in [0.1, 0.15) is 5.82 Å². The van der Waals surface area contributed by atoms with Gasteiger partial charge in [0.05, 0.1) is 17.9 Å². The number of piperidine rings is 1. The Morgan fingerprint density at radius 1 is 1.30 bits per heavy atom. The van der Waals surface area contributed by atoms with Crippen molar-refractivity contribution < 1.29 is 27.4 Å². The first-order valence-electron chi connectivity index (χ1n) is 11.2. The average Bonchev–Trinajstić information content (AvgIpc) is 3.07. The highest BCUT2D eigenvalue weighted by atomic mass is 32.2. The Hall–Kier alpha value is -1.89. The molecule has 0 amide bonds. The molecular weight excluding hydrogens is 456 g/mol. The topological polar surface area (TPSA) is 119 Å². The molecule has 0 radical (unpaired) electrons. The van der Waals surface area contributed by atoms with Crippen molar-refractivity contribution in [1.82, 2.24) is 14.3 Å². The van der Waals surface area contributed by atoms with Crippen molar-refractivity contribution in [3.05, 3.63) is 17.3 Å². The summed E-state index contributed by atoms with van der Waals surface area (Å²) in [7, 11) is -3.23. The van der Waals surface area contributed by atoms with Crippen LogP contribution in [0, 0.1) is 0 Å². The quantitative estimate of drug-likeness (QED) is 0.556. The molecule has 3 atom stereocenters. The van der Waals surface area contributed by atoms with Gasteiger partial charge in [-0.1, -0.05) is 0 Å². The lowest BCUT2D eigenvalue weighted by atomic mass is 9.94. The molecule has 184 valence electrons. The summed E-state index contributed by atoms with van der Waals surface area (Å²) in [6, 6.07) is -0.504. The molecule has 33 heavy (non-hydrogen) atoms. The van der Waals surface area contributed by atoms with Crippen molar-refractivity contribution in [2.45, 2.75) is 75.8 Å². The minimum atomic E-state index is -3.23. The number of aromatic nitrogens is 2. The Morgan fingerprint density at radius 2 is 2.00 bits per heavy atom. The van der Waals surface area contributed by atoms with Gasteiger partial charge in [-0.15, -0.1) is 0 Å². The SMILES string of the molecule is C[C@]1(O)CCC[C@@H]1N1c2nc(NC3CCN(S(C)(=O)=O)CC3)ncc2C=C(CC(F)F)C1O. The van der Waals surface area contributed by atoms with Crippen molar-refractivity contribution >= 4 is 27.9 Å². The zero-order chi connectivity index (χ0) is 24.0. The van der Waals surface area contributed by atoms with E-state index in [1.807, 2.05) is 0 Å². The highest BCUT2D eigenvalue weighted by Gasteiger charge is 2.46. The van der Waals surface area contributed by atoms with Crippen LogP contribution < -0.4 is 10.2 Å². The third kappa shape index (κ3) is 5.13. The van der Waals surface area contributed by atoms with Crippen LogP contribution in [0.25, 0.3) is 6.08 Å². The highest BCUT2D eigenvalue weighted by molar-refractivity contribution is 7.88. The van der Waals surface area contributed by atoms with E-state index in [2.05, 4.69) is 15.3 Å². The summed E-state index contributed by atoms with van der Waals surface area (Å²) in [5, 5.41) is 25.1. The fraction of sp³-hybridized carbons (Fsp3) is 0.714. The summed E-state index contributed by atoms with van der Waals surface area (Å²) < 4.78 is 51.2. The van der Waals surface area contributed by atoms with Gasteiger partial charge in [-0.05, 0) is 50.7 Å². The molecule has 3 heterocycles. The van der Waals surface area contributed by atoms with E-state index in [4.69, 9.17) is 0 Å². The third-order valence-corrected chi connectivity index (χ3v) is 8.14. The van der Waals surface area contributed by atoms with E-state index < -0.39 is 40.7 Å². The molecule has 1 aliphatic carbocycles. The molecule has 1 aromatic rings. The minimum Gasteiger partial charge on any atom is -0.388 e. The predicted octanol–water partition coefficient (Wildman–Crippen LogP) is 1.79. The van der Waals surface area contributed by atoms with Crippen LogP contribution in [0.2, 0.25) is 0 Å². The maximum Gasteiger partial charge on any atom is 0.242 e. The summed E-state index contributed by atoms with van der Waals surface area (Å²) in [5.41, 5.74) is -0.420. The number of rotatable bonds is 6. The highest BCUT2D eigenvalue weighted by Crippen LogP contribution is 2.42. The molecule has 0 bridgehead atoms. The molecule has 2 fully saturated rings. The van der Waals surface area contributed by atoms with Gasteiger partial charge < -0.3 is 20.4 Å². The minimum absolute atomic E-state index is 0.0254. The Kier molecular flexibility index (Phi) is 6.64. The maximum absolute atomic E-state index is 13.1. The molecule has 0 spiro atoms. The number of fused-ring (bicyclic) bond motifs is 1. The molecule has 1 unspecified atom stereocenters. The lowest BCUT2D eigenvalue weighted by Gasteiger charge is -2.43. The molecule has 4 rings (SSSR count). The Labute approximate surface area is 192 Å². The van der Waals surface area contributed by atoms with Gasteiger partial charge >= 0.3 is 0 Å². The van der Waals surface area contributed by atoms with Crippen LogP contribution in [0.5, 0.6) is 0 Å². The van der Waals surface area contributed by atoms with Gasteiger partial charge in [0, 0.05) is 37.3 Å². The van der Waals surface area contributed by atoms with E-state index in [1.54, 1.807) is 11.8 Å². The Morgan fingerprint density at radius 3 is 2.58 bits per heavy atom. The third-order valence-electron chi connectivity index (χ3n) is 6.84. The first-order valence-corrected chi connectivity index (χ1v) is 13.1. The van der Waals surface area contributed by atoms with Gasteiger partial charge in [-0.2, -0.15) is 4.98 Å². The molecule has 0 aromatic carbocycles. The molecule has 3 N–H and O–H groups in total. The average molecular weight is 488 g/mol. The van der Waals surface area contributed by atoms with Crippen LogP contribution in [-0.2, 0) is 10.0 Å². The Balaban J connectivity index is 1.60. The normalized spacial score (nSPS) is 29.3. The number of aliphatic hydroxyl groups is 2. The van der Waals surface area contributed by atoms with Crippen LogP contribution in [0.3, 0.4) is 0 Å². The first-order chi connectivity index (χ1) is 15.5. The summed E-state index contributed by atoms with van der Waals surface area (Å²) in [5.74, 6) is 0.700. The smallest absolute Gasteiger partial charge is 0.242 e. The second kappa shape index (κ2) is 9.05. The number of hydrogen-bond donors (Lipinski definition) is 3. The van der Waals surface area contributed by atoms with E-state index in [9.17, 15) is 27.4 Å². The summed E-state index contributed by atoms with van der Waals surface area (Å²) in [6.07, 6.45) is 2.79. The van der Waals surface area contributed by atoms with E-state index in [0.717, 1.165) is 6.42 Å². The first kappa shape index (κ1) is 24.2. The number of aliphatic hydroxyl groups excluding tert-OH is 1. The standard InChI is InChI=1S/C21H31F2N5O4S/c1-21(30)7-3-4-16(21)28-18-14(10-13(19(28)29)11-17(22)23)12-24-20(26-18)25-15-5-8-27(9-6-15)33(2,31)32/h10,12,15-17,19,29-30H,3-9,11H2,1-2H3,(H,24,25,26)/t16-,19?,21-/m0/s1. The number of nitrogens with one attached hydrogen (secondary N) is 1. The molecular formula is C21H31F2N5O4S. The molecule has 12 heteroatoms.